The van der Waals surface area contributed by atoms with Crippen molar-refractivity contribution >= 4 is 11.6 Å². The second kappa shape index (κ2) is 4.70. The van der Waals surface area contributed by atoms with Crippen molar-refractivity contribution in [1.29, 1.82) is 0 Å². The van der Waals surface area contributed by atoms with Crippen LogP contribution in [0.15, 0.2) is 24.3 Å². The van der Waals surface area contributed by atoms with E-state index >= 15 is 0 Å². The van der Waals surface area contributed by atoms with E-state index in [-0.39, 0.29) is 17.5 Å². The van der Waals surface area contributed by atoms with Crippen molar-refractivity contribution in [3.63, 3.8) is 0 Å². The van der Waals surface area contributed by atoms with Crippen molar-refractivity contribution < 1.29 is 23.1 Å². The number of halogens is 3. The van der Waals surface area contributed by atoms with Crippen LogP contribution in [0.5, 0.6) is 0 Å². The number of fused-ring (bicyclic) bond motifs is 2. The van der Waals surface area contributed by atoms with Crippen molar-refractivity contribution in [3.05, 3.63) is 29.8 Å². The molecule has 3 aliphatic carbocycles. The molecule has 0 radical (unpaired) electrons. The van der Waals surface area contributed by atoms with Crippen LogP contribution in [0.4, 0.5) is 18.9 Å². The molecule has 1 aliphatic heterocycles. The number of hydrazine groups is 1. The highest BCUT2D eigenvalue weighted by atomic mass is 19.4. The molecule has 1 aromatic rings. The number of hydrogen-bond acceptors (Lipinski definition) is 3. The van der Waals surface area contributed by atoms with E-state index in [1.54, 1.807) is 0 Å². The van der Waals surface area contributed by atoms with Crippen LogP contribution in [0.25, 0.3) is 0 Å². The monoisotopic (exact) mass is 326 g/mol. The zero-order valence-corrected chi connectivity index (χ0v) is 12.3. The van der Waals surface area contributed by atoms with Crippen molar-refractivity contribution in [2.24, 2.45) is 11.8 Å². The van der Waals surface area contributed by atoms with Gasteiger partial charge >= 0.3 is 6.18 Å². The highest BCUT2D eigenvalue weighted by molar-refractivity contribution is 6.02. The molecule has 23 heavy (non-hydrogen) atoms. The SMILES string of the molecule is O=C1N(c2cccc(C(F)(F)F)c2)NC2C3CCC(CC3)C12O. The quantitative estimate of drug-likeness (QED) is 0.834. The van der Waals surface area contributed by atoms with Crippen molar-refractivity contribution in [2.45, 2.75) is 43.5 Å². The van der Waals surface area contributed by atoms with Gasteiger partial charge in [0.05, 0.1) is 17.3 Å². The Bertz CT molecular complexity index is 655. The van der Waals surface area contributed by atoms with Gasteiger partial charge in [-0.15, -0.1) is 0 Å². The van der Waals surface area contributed by atoms with E-state index in [0.717, 1.165) is 42.8 Å². The minimum absolute atomic E-state index is 0.117. The van der Waals surface area contributed by atoms with Gasteiger partial charge in [0.25, 0.3) is 5.91 Å². The molecule has 2 N–H and O–H groups in total. The Labute approximate surface area is 131 Å². The summed E-state index contributed by atoms with van der Waals surface area (Å²) in [6.45, 7) is 0. The molecule has 2 unspecified atom stereocenters. The summed E-state index contributed by atoms with van der Waals surface area (Å²) >= 11 is 0. The van der Waals surface area contributed by atoms with Crippen LogP contribution in [0.3, 0.4) is 0 Å². The standard InChI is InChI=1S/C16H17F3N2O2/c17-16(18,19)11-2-1-3-12(8-11)21-14(22)15(23)10-6-4-9(5-7-10)13(15)20-21/h1-3,8-10,13,20,23H,4-7H2. The second-order valence-corrected chi connectivity index (χ2v) is 6.73. The zero-order valence-electron chi connectivity index (χ0n) is 12.3. The molecule has 124 valence electrons. The summed E-state index contributed by atoms with van der Waals surface area (Å²) in [6, 6.07) is 4.22. The van der Waals surface area contributed by atoms with Gasteiger partial charge < -0.3 is 5.11 Å². The van der Waals surface area contributed by atoms with E-state index in [1.165, 1.54) is 12.1 Å². The van der Waals surface area contributed by atoms with Crippen LogP contribution in [0.1, 0.15) is 31.2 Å². The summed E-state index contributed by atoms with van der Waals surface area (Å²) in [4.78, 5) is 12.7. The average molecular weight is 326 g/mol. The number of carbonyl (C=O) groups excluding carboxylic acids is 1. The number of aliphatic hydroxyl groups is 1. The van der Waals surface area contributed by atoms with Gasteiger partial charge in [-0.25, -0.2) is 10.4 Å². The third kappa shape index (κ3) is 2.03. The first-order valence-electron chi connectivity index (χ1n) is 7.82. The maximum atomic E-state index is 12.9. The van der Waals surface area contributed by atoms with Crippen molar-refractivity contribution in [2.75, 3.05) is 5.01 Å². The average Bonchev–Trinajstić information content (AvgIpc) is 2.82. The maximum Gasteiger partial charge on any atom is 0.416 e. The van der Waals surface area contributed by atoms with Gasteiger partial charge in [-0.1, -0.05) is 6.07 Å². The first-order valence-corrected chi connectivity index (χ1v) is 7.82. The molecule has 0 spiro atoms. The molecule has 2 atom stereocenters. The fraction of sp³-hybridized carbons (Fsp3) is 0.562. The summed E-state index contributed by atoms with van der Waals surface area (Å²) < 4.78 is 38.7. The summed E-state index contributed by atoms with van der Waals surface area (Å²) in [6.07, 6.45) is -1.01. The minimum Gasteiger partial charge on any atom is -0.378 e. The summed E-state index contributed by atoms with van der Waals surface area (Å²) in [5.74, 6) is -0.464. The first kappa shape index (κ1) is 15.0. The molecule has 7 heteroatoms. The van der Waals surface area contributed by atoms with E-state index in [1.807, 2.05) is 0 Å². The Morgan fingerprint density at radius 2 is 1.91 bits per heavy atom. The third-order valence-electron chi connectivity index (χ3n) is 5.59. The molecule has 1 amide bonds. The normalized spacial score (nSPS) is 36.4. The molecule has 4 fully saturated rings. The molecule has 4 aliphatic rings. The number of nitrogens with one attached hydrogen (secondary N) is 1. The van der Waals surface area contributed by atoms with E-state index in [4.69, 9.17) is 0 Å². The number of alkyl halides is 3. The van der Waals surface area contributed by atoms with Crippen molar-refractivity contribution in [1.82, 2.24) is 5.43 Å². The maximum absolute atomic E-state index is 12.9. The molecule has 0 aromatic heterocycles. The van der Waals surface area contributed by atoms with Crippen LogP contribution >= 0.6 is 0 Å². The highest BCUT2D eigenvalue weighted by Crippen LogP contribution is 2.51. The predicted octanol–water partition coefficient (Wildman–Crippen LogP) is 2.48. The Morgan fingerprint density at radius 3 is 2.52 bits per heavy atom. The van der Waals surface area contributed by atoms with Crippen LogP contribution in [0.2, 0.25) is 0 Å². The van der Waals surface area contributed by atoms with Gasteiger partial charge in [-0.3, -0.25) is 4.79 Å². The Kier molecular flexibility index (Phi) is 3.06. The smallest absolute Gasteiger partial charge is 0.378 e. The van der Waals surface area contributed by atoms with Gasteiger partial charge in [-0.2, -0.15) is 13.2 Å². The van der Waals surface area contributed by atoms with Gasteiger partial charge in [0.15, 0.2) is 5.60 Å². The third-order valence-corrected chi connectivity index (χ3v) is 5.59. The molecule has 5 rings (SSSR count). The molecule has 1 heterocycles. The molecule has 2 bridgehead atoms. The fourth-order valence-corrected chi connectivity index (χ4v) is 4.41. The lowest BCUT2D eigenvalue weighted by molar-refractivity contribution is -0.152. The lowest BCUT2D eigenvalue weighted by Gasteiger charge is -2.48. The predicted molar refractivity (Wildman–Crippen MR) is 76.3 cm³/mol. The van der Waals surface area contributed by atoms with Gasteiger partial charge in [0.2, 0.25) is 0 Å². The molecule has 3 saturated carbocycles. The van der Waals surface area contributed by atoms with Crippen LogP contribution < -0.4 is 10.4 Å². The zero-order chi connectivity index (χ0) is 16.4. The number of carbonyl (C=O) groups is 1. The largest absolute Gasteiger partial charge is 0.416 e. The molecular formula is C16H17F3N2O2. The van der Waals surface area contributed by atoms with Crippen LogP contribution in [-0.2, 0) is 11.0 Å². The van der Waals surface area contributed by atoms with Crippen LogP contribution in [-0.4, -0.2) is 22.7 Å². The fourth-order valence-electron chi connectivity index (χ4n) is 4.41. The number of amides is 1. The topological polar surface area (TPSA) is 52.6 Å². The number of hydrogen-bond donors (Lipinski definition) is 2. The Hall–Kier alpha value is -1.60. The number of benzene rings is 1. The molecule has 1 aromatic carbocycles. The Morgan fingerprint density at radius 1 is 1.22 bits per heavy atom. The van der Waals surface area contributed by atoms with E-state index in [0.29, 0.717) is 0 Å². The summed E-state index contributed by atoms with van der Waals surface area (Å²) in [5.41, 5.74) is 0.792. The Balaban J connectivity index is 1.71. The van der Waals surface area contributed by atoms with Gasteiger partial charge in [0.1, 0.15) is 0 Å². The van der Waals surface area contributed by atoms with E-state index in [9.17, 15) is 23.1 Å². The van der Waals surface area contributed by atoms with Gasteiger partial charge in [-0.05, 0) is 55.7 Å². The van der Waals surface area contributed by atoms with Crippen molar-refractivity contribution in [3.8, 4) is 0 Å². The first-order chi connectivity index (χ1) is 10.8. The second-order valence-electron chi connectivity index (χ2n) is 6.73. The summed E-state index contributed by atoms with van der Waals surface area (Å²) in [5, 5.41) is 12.1. The van der Waals surface area contributed by atoms with Gasteiger partial charge in [0, 0.05) is 0 Å². The molecule has 4 nitrogen and oxygen atoms in total. The van der Waals surface area contributed by atoms with Crippen LogP contribution in [0, 0.1) is 11.8 Å². The number of anilines is 1. The number of rotatable bonds is 1. The lowest BCUT2D eigenvalue weighted by atomic mass is 9.59. The summed E-state index contributed by atoms with van der Waals surface area (Å²) in [7, 11) is 0. The van der Waals surface area contributed by atoms with E-state index < -0.39 is 29.3 Å². The molecule has 1 saturated heterocycles. The highest BCUT2D eigenvalue weighted by Gasteiger charge is 2.64. The minimum atomic E-state index is -4.47. The lowest BCUT2D eigenvalue weighted by Crippen LogP contribution is -2.61. The number of nitrogens with zero attached hydrogens (tertiary/aromatic N) is 1. The molecular weight excluding hydrogens is 309 g/mol. The van der Waals surface area contributed by atoms with E-state index in [2.05, 4.69) is 5.43 Å².